The normalized spacial score (nSPS) is 10.5. The molecule has 0 aliphatic carbocycles. The average molecular weight is 385 g/mol. The molecule has 1 heterocycles. The minimum atomic E-state index is -0.232. The van der Waals surface area contributed by atoms with Crippen LogP contribution in [0, 0.1) is 0 Å². The van der Waals surface area contributed by atoms with Gasteiger partial charge in [-0.15, -0.1) is 0 Å². The Hall–Kier alpha value is -3.93. The van der Waals surface area contributed by atoms with Crippen LogP contribution in [0.5, 0.6) is 5.75 Å². The van der Waals surface area contributed by atoms with Crippen molar-refractivity contribution >= 4 is 11.6 Å². The van der Waals surface area contributed by atoms with Crippen molar-refractivity contribution in [1.82, 2.24) is 10.1 Å². The molecule has 1 aromatic heterocycles. The molecule has 0 saturated heterocycles. The lowest BCUT2D eigenvalue weighted by Gasteiger charge is -2.09. The van der Waals surface area contributed by atoms with Crippen LogP contribution in [0.3, 0.4) is 0 Å². The first-order valence-corrected chi connectivity index (χ1v) is 9.14. The molecule has 4 rings (SSSR count). The number of hydrogen-bond acceptors (Lipinski definition) is 5. The molecule has 29 heavy (non-hydrogen) atoms. The molecule has 0 aliphatic rings. The Morgan fingerprint density at radius 1 is 0.966 bits per heavy atom. The molecule has 4 aromatic rings. The number of rotatable bonds is 6. The summed E-state index contributed by atoms with van der Waals surface area (Å²) in [4.78, 5) is 17.1. The Bertz CT molecular complexity index is 1110. The fourth-order valence-corrected chi connectivity index (χ4v) is 2.93. The van der Waals surface area contributed by atoms with Crippen molar-refractivity contribution in [1.29, 1.82) is 0 Å². The summed E-state index contributed by atoms with van der Waals surface area (Å²) in [5.74, 6) is 1.41. The summed E-state index contributed by atoms with van der Waals surface area (Å²) < 4.78 is 10.6. The van der Waals surface area contributed by atoms with Crippen molar-refractivity contribution in [3.05, 3.63) is 95.8 Å². The van der Waals surface area contributed by atoms with Gasteiger partial charge in [-0.1, -0.05) is 47.6 Å². The smallest absolute Gasteiger partial charge is 0.260 e. The standard InChI is InChI=1S/C23H19N3O3/c1-28-18-13-11-17(12-14-18)22(27)24-20-10-6-5-9-19(20)23-25-21(26-29-23)15-16-7-3-2-4-8-16/h2-14H,15H2,1H3,(H,24,27). The summed E-state index contributed by atoms with van der Waals surface area (Å²) in [5, 5.41) is 6.99. The number of amides is 1. The molecule has 0 spiro atoms. The maximum Gasteiger partial charge on any atom is 0.260 e. The van der Waals surface area contributed by atoms with E-state index >= 15 is 0 Å². The number of carbonyl (C=O) groups is 1. The highest BCUT2D eigenvalue weighted by molar-refractivity contribution is 6.06. The van der Waals surface area contributed by atoms with Gasteiger partial charge in [-0.05, 0) is 42.0 Å². The van der Waals surface area contributed by atoms with Gasteiger partial charge in [0.2, 0.25) is 0 Å². The van der Waals surface area contributed by atoms with E-state index in [4.69, 9.17) is 9.26 Å². The number of nitrogens with zero attached hydrogens (tertiary/aromatic N) is 2. The van der Waals surface area contributed by atoms with E-state index in [1.807, 2.05) is 48.5 Å². The SMILES string of the molecule is COc1ccc(C(=O)Nc2ccccc2-c2nc(Cc3ccccc3)no2)cc1. The van der Waals surface area contributed by atoms with Crippen LogP contribution in [-0.4, -0.2) is 23.2 Å². The molecule has 0 bridgehead atoms. The van der Waals surface area contributed by atoms with Gasteiger partial charge in [0.1, 0.15) is 5.75 Å². The number of aromatic nitrogens is 2. The lowest BCUT2D eigenvalue weighted by molar-refractivity contribution is 0.102. The second-order valence-corrected chi connectivity index (χ2v) is 6.41. The zero-order chi connectivity index (χ0) is 20.1. The minimum Gasteiger partial charge on any atom is -0.497 e. The van der Waals surface area contributed by atoms with Gasteiger partial charge < -0.3 is 14.6 Å². The summed E-state index contributed by atoms with van der Waals surface area (Å²) in [6.07, 6.45) is 0.574. The Labute approximate surface area is 168 Å². The fraction of sp³-hybridized carbons (Fsp3) is 0.0870. The van der Waals surface area contributed by atoms with Crippen LogP contribution in [0.25, 0.3) is 11.5 Å². The molecule has 1 N–H and O–H groups in total. The van der Waals surface area contributed by atoms with Crippen molar-refractivity contribution in [2.45, 2.75) is 6.42 Å². The van der Waals surface area contributed by atoms with Crippen molar-refractivity contribution in [3.8, 4) is 17.2 Å². The first-order chi connectivity index (χ1) is 14.2. The van der Waals surface area contributed by atoms with Gasteiger partial charge in [-0.2, -0.15) is 4.98 Å². The number of methoxy groups -OCH3 is 1. The number of benzene rings is 3. The van der Waals surface area contributed by atoms with Gasteiger partial charge >= 0.3 is 0 Å². The predicted molar refractivity (Wildman–Crippen MR) is 110 cm³/mol. The molecular formula is C23H19N3O3. The summed E-state index contributed by atoms with van der Waals surface area (Å²) >= 11 is 0. The molecule has 144 valence electrons. The monoisotopic (exact) mass is 385 g/mol. The Balaban J connectivity index is 1.54. The van der Waals surface area contributed by atoms with E-state index in [0.717, 1.165) is 5.56 Å². The molecule has 6 heteroatoms. The Morgan fingerprint density at radius 3 is 2.45 bits per heavy atom. The van der Waals surface area contributed by atoms with Crippen LogP contribution in [0.15, 0.2) is 83.4 Å². The second kappa shape index (κ2) is 8.39. The number of hydrogen-bond donors (Lipinski definition) is 1. The van der Waals surface area contributed by atoms with Gasteiger partial charge in [-0.25, -0.2) is 0 Å². The van der Waals surface area contributed by atoms with E-state index in [2.05, 4.69) is 15.5 Å². The molecule has 0 fully saturated rings. The highest BCUT2D eigenvalue weighted by Crippen LogP contribution is 2.27. The first-order valence-electron chi connectivity index (χ1n) is 9.14. The number of para-hydroxylation sites is 1. The van der Waals surface area contributed by atoms with Gasteiger partial charge in [0.15, 0.2) is 5.82 Å². The number of anilines is 1. The zero-order valence-electron chi connectivity index (χ0n) is 15.8. The summed E-state index contributed by atoms with van der Waals surface area (Å²) in [6, 6.07) is 24.2. The Morgan fingerprint density at radius 2 is 1.69 bits per heavy atom. The summed E-state index contributed by atoms with van der Waals surface area (Å²) in [5.41, 5.74) is 2.89. The molecule has 1 amide bonds. The van der Waals surface area contributed by atoms with E-state index in [0.29, 0.717) is 40.7 Å². The largest absolute Gasteiger partial charge is 0.497 e. The van der Waals surface area contributed by atoms with Crippen LogP contribution in [0.2, 0.25) is 0 Å². The predicted octanol–water partition coefficient (Wildman–Crippen LogP) is 4.59. The molecular weight excluding hydrogens is 366 g/mol. The summed E-state index contributed by atoms with van der Waals surface area (Å²) in [7, 11) is 1.59. The van der Waals surface area contributed by atoms with Crippen molar-refractivity contribution in [2.24, 2.45) is 0 Å². The maximum absolute atomic E-state index is 12.6. The molecule has 6 nitrogen and oxygen atoms in total. The number of ether oxygens (including phenoxy) is 1. The lowest BCUT2D eigenvalue weighted by Crippen LogP contribution is -2.12. The highest BCUT2D eigenvalue weighted by Gasteiger charge is 2.15. The van der Waals surface area contributed by atoms with Crippen LogP contribution in [0.1, 0.15) is 21.7 Å². The van der Waals surface area contributed by atoms with Gasteiger partial charge in [0, 0.05) is 12.0 Å². The second-order valence-electron chi connectivity index (χ2n) is 6.41. The van der Waals surface area contributed by atoms with E-state index in [1.54, 1.807) is 37.4 Å². The molecule has 0 saturated carbocycles. The van der Waals surface area contributed by atoms with Gasteiger partial charge in [0.25, 0.3) is 11.8 Å². The average Bonchev–Trinajstić information content (AvgIpc) is 3.23. The fourth-order valence-electron chi connectivity index (χ4n) is 2.93. The van der Waals surface area contributed by atoms with Crippen molar-refractivity contribution in [2.75, 3.05) is 12.4 Å². The minimum absolute atomic E-state index is 0.232. The van der Waals surface area contributed by atoms with Gasteiger partial charge in [-0.3, -0.25) is 4.79 Å². The molecule has 0 radical (unpaired) electrons. The number of nitrogens with one attached hydrogen (secondary N) is 1. The molecule has 0 aliphatic heterocycles. The summed E-state index contributed by atoms with van der Waals surface area (Å²) in [6.45, 7) is 0. The third-order valence-electron chi connectivity index (χ3n) is 4.43. The molecule has 0 unspecified atom stereocenters. The van der Waals surface area contributed by atoms with Crippen LogP contribution in [-0.2, 0) is 6.42 Å². The Kier molecular flexibility index (Phi) is 5.33. The van der Waals surface area contributed by atoms with Crippen LogP contribution < -0.4 is 10.1 Å². The van der Waals surface area contributed by atoms with E-state index in [9.17, 15) is 4.79 Å². The maximum atomic E-state index is 12.6. The third kappa shape index (κ3) is 4.32. The highest BCUT2D eigenvalue weighted by atomic mass is 16.5. The zero-order valence-corrected chi connectivity index (χ0v) is 15.8. The third-order valence-corrected chi connectivity index (χ3v) is 4.43. The quantitative estimate of drug-likeness (QED) is 0.525. The van der Waals surface area contributed by atoms with E-state index < -0.39 is 0 Å². The van der Waals surface area contributed by atoms with Gasteiger partial charge in [0.05, 0.1) is 18.4 Å². The number of carbonyl (C=O) groups excluding carboxylic acids is 1. The lowest BCUT2D eigenvalue weighted by atomic mass is 10.1. The molecule has 0 atom stereocenters. The van der Waals surface area contributed by atoms with E-state index in [-0.39, 0.29) is 5.91 Å². The van der Waals surface area contributed by atoms with Crippen LogP contribution in [0.4, 0.5) is 5.69 Å². The van der Waals surface area contributed by atoms with Crippen molar-refractivity contribution in [3.63, 3.8) is 0 Å². The van der Waals surface area contributed by atoms with Crippen molar-refractivity contribution < 1.29 is 14.1 Å². The van der Waals surface area contributed by atoms with Crippen LogP contribution >= 0.6 is 0 Å². The first kappa shape index (κ1) is 18.4. The van der Waals surface area contributed by atoms with E-state index in [1.165, 1.54) is 0 Å². The molecule has 3 aromatic carbocycles. The topological polar surface area (TPSA) is 77.2 Å².